The van der Waals surface area contributed by atoms with Gasteiger partial charge in [-0.3, -0.25) is 0 Å². The first-order valence-corrected chi connectivity index (χ1v) is 5.76. The number of carbonyl (C=O) groups excluding carboxylic acids is 1. The fourth-order valence-corrected chi connectivity index (χ4v) is 2.12. The van der Waals surface area contributed by atoms with Crippen molar-refractivity contribution >= 4 is 22.9 Å². The van der Waals surface area contributed by atoms with Gasteiger partial charge in [0.15, 0.2) is 0 Å². The third-order valence-corrected chi connectivity index (χ3v) is 3.20. The first-order chi connectivity index (χ1) is 7.60. The molecule has 0 unspecified atom stereocenters. The highest BCUT2D eigenvalue weighted by atomic mass is 32.1. The Morgan fingerprint density at radius 3 is 2.69 bits per heavy atom. The molecular formula is C12H13NO2S. The van der Waals surface area contributed by atoms with Gasteiger partial charge in [0.05, 0.1) is 6.61 Å². The highest BCUT2D eigenvalue weighted by Gasteiger charge is 2.15. The fourth-order valence-electron chi connectivity index (χ4n) is 1.25. The molecule has 16 heavy (non-hydrogen) atoms. The average molecular weight is 235 g/mol. The molecule has 0 aliphatic rings. The number of nitriles is 1. The first kappa shape index (κ1) is 12.5. The predicted octanol–water partition coefficient (Wildman–Crippen LogP) is 2.92. The molecule has 0 aliphatic heterocycles. The zero-order chi connectivity index (χ0) is 12.1. The van der Waals surface area contributed by atoms with Gasteiger partial charge in [0.2, 0.25) is 0 Å². The van der Waals surface area contributed by atoms with Crippen LogP contribution >= 0.6 is 11.3 Å². The fraction of sp³-hybridized carbons (Fsp3) is 0.333. The minimum absolute atomic E-state index is 0.0868. The summed E-state index contributed by atoms with van der Waals surface area (Å²) >= 11 is 1.56. The maximum Gasteiger partial charge on any atom is 0.349 e. The molecule has 4 heteroatoms. The van der Waals surface area contributed by atoms with Crippen LogP contribution in [0.1, 0.15) is 23.6 Å². The molecule has 84 valence electrons. The van der Waals surface area contributed by atoms with Crippen LogP contribution in [0, 0.1) is 18.3 Å². The maximum absolute atomic E-state index is 11.5. The summed E-state index contributed by atoms with van der Waals surface area (Å²) in [6, 6.07) is 5.78. The van der Waals surface area contributed by atoms with Crippen molar-refractivity contribution in [3.05, 3.63) is 27.5 Å². The lowest BCUT2D eigenvalue weighted by Gasteiger charge is -2.03. The van der Waals surface area contributed by atoms with Crippen molar-refractivity contribution in [1.82, 2.24) is 0 Å². The Morgan fingerprint density at radius 2 is 2.25 bits per heavy atom. The highest BCUT2D eigenvalue weighted by molar-refractivity contribution is 7.13. The van der Waals surface area contributed by atoms with E-state index in [1.54, 1.807) is 25.2 Å². The van der Waals surface area contributed by atoms with E-state index in [1.165, 1.54) is 0 Å². The number of allylic oxidation sites excluding steroid dienone is 1. The molecule has 1 rings (SSSR count). The molecular weight excluding hydrogens is 222 g/mol. The van der Waals surface area contributed by atoms with Gasteiger partial charge in [0.1, 0.15) is 11.6 Å². The molecule has 3 nitrogen and oxygen atoms in total. The normalized spacial score (nSPS) is 11.6. The number of thiophene rings is 1. The van der Waals surface area contributed by atoms with Crippen molar-refractivity contribution < 1.29 is 9.53 Å². The molecule has 0 aromatic carbocycles. The van der Waals surface area contributed by atoms with Gasteiger partial charge in [-0.15, -0.1) is 11.3 Å². The number of hydrogen-bond donors (Lipinski definition) is 0. The van der Waals surface area contributed by atoms with Crippen molar-refractivity contribution in [2.75, 3.05) is 6.61 Å². The summed E-state index contributed by atoms with van der Waals surface area (Å²) in [5.41, 5.74) is 0.766. The van der Waals surface area contributed by atoms with Crippen molar-refractivity contribution in [3.8, 4) is 6.07 Å². The second-order valence-corrected chi connectivity index (χ2v) is 4.53. The summed E-state index contributed by atoms with van der Waals surface area (Å²) in [6.45, 7) is 5.75. The number of aryl methyl sites for hydroxylation is 1. The Labute approximate surface area is 99.0 Å². The summed E-state index contributed by atoms with van der Waals surface area (Å²) in [6.07, 6.45) is 0. The van der Waals surface area contributed by atoms with Gasteiger partial charge in [0, 0.05) is 9.75 Å². The summed E-state index contributed by atoms with van der Waals surface area (Å²) < 4.78 is 4.83. The lowest BCUT2D eigenvalue weighted by molar-refractivity contribution is -0.137. The molecule has 0 N–H and O–H groups in total. The molecule has 1 aromatic rings. The van der Waals surface area contributed by atoms with E-state index in [2.05, 4.69) is 0 Å². The minimum Gasteiger partial charge on any atom is -0.462 e. The van der Waals surface area contributed by atoms with Crippen LogP contribution in [-0.2, 0) is 9.53 Å². The third-order valence-electron chi connectivity index (χ3n) is 2.08. The minimum atomic E-state index is -0.548. The van der Waals surface area contributed by atoms with E-state index >= 15 is 0 Å². The molecule has 0 saturated heterocycles. The number of hydrogen-bond acceptors (Lipinski definition) is 4. The number of rotatable bonds is 3. The van der Waals surface area contributed by atoms with Crippen molar-refractivity contribution in [2.24, 2.45) is 0 Å². The summed E-state index contributed by atoms with van der Waals surface area (Å²) in [4.78, 5) is 13.6. The molecule has 1 aromatic heterocycles. The standard InChI is InChI=1S/C12H13NO2S/c1-4-15-12(14)10(7-13)9(3)11-6-5-8(2)16-11/h5-6H,4H2,1-3H3/b10-9-. The average Bonchev–Trinajstić information content (AvgIpc) is 2.66. The van der Waals surface area contributed by atoms with Crippen LogP contribution in [-0.4, -0.2) is 12.6 Å². The zero-order valence-electron chi connectivity index (χ0n) is 9.53. The number of esters is 1. The summed E-state index contributed by atoms with van der Waals surface area (Å²) in [7, 11) is 0. The second-order valence-electron chi connectivity index (χ2n) is 3.24. The van der Waals surface area contributed by atoms with Gasteiger partial charge in [-0.05, 0) is 38.5 Å². The monoisotopic (exact) mass is 235 g/mol. The molecule has 0 radical (unpaired) electrons. The largest absolute Gasteiger partial charge is 0.462 e. The predicted molar refractivity (Wildman–Crippen MR) is 63.9 cm³/mol. The topological polar surface area (TPSA) is 50.1 Å². The lowest BCUT2D eigenvalue weighted by atomic mass is 10.1. The van der Waals surface area contributed by atoms with Gasteiger partial charge in [0.25, 0.3) is 0 Å². The van der Waals surface area contributed by atoms with E-state index in [0.29, 0.717) is 5.57 Å². The molecule has 0 bridgehead atoms. The Kier molecular flexibility index (Phi) is 4.27. The van der Waals surface area contributed by atoms with Crippen LogP contribution in [0.2, 0.25) is 0 Å². The van der Waals surface area contributed by atoms with Gasteiger partial charge in [-0.1, -0.05) is 0 Å². The number of nitrogens with zero attached hydrogens (tertiary/aromatic N) is 1. The zero-order valence-corrected chi connectivity index (χ0v) is 10.4. The van der Waals surface area contributed by atoms with Crippen molar-refractivity contribution in [1.29, 1.82) is 5.26 Å². The van der Waals surface area contributed by atoms with Crippen LogP contribution in [0.3, 0.4) is 0 Å². The third kappa shape index (κ3) is 2.71. The van der Waals surface area contributed by atoms with Crippen LogP contribution in [0.15, 0.2) is 17.7 Å². The van der Waals surface area contributed by atoms with Crippen molar-refractivity contribution in [3.63, 3.8) is 0 Å². The smallest absolute Gasteiger partial charge is 0.349 e. The molecule has 0 spiro atoms. The molecule has 1 heterocycles. The lowest BCUT2D eigenvalue weighted by Crippen LogP contribution is -2.07. The first-order valence-electron chi connectivity index (χ1n) is 4.95. The molecule has 0 amide bonds. The van der Waals surface area contributed by atoms with Crippen molar-refractivity contribution in [2.45, 2.75) is 20.8 Å². The number of ether oxygens (including phenoxy) is 1. The Bertz CT molecular complexity index is 466. The van der Waals surface area contributed by atoms with E-state index in [4.69, 9.17) is 10.00 Å². The molecule has 0 aliphatic carbocycles. The van der Waals surface area contributed by atoms with Gasteiger partial charge < -0.3 is 4.74 Å². The van der Waals surface area contributed by atoms with Crippen LogP contribution in [0.5, 0.6) is 0 Å². The van der Waals surface area contributed by atoms with Crippen LogP contribution < -0.4 is 0 Å². The van der Waals surface area contributed by atoms with E-state index < -0.39 is 5.97 Å². The molecule has 0 fully saturated rings. The van der Waals surface area contributed by atoms with E-state index in [1.807, 2.05) is 25.1 Å². The molecule has 0 atom stereocenters. The van der Waals surface area contributed by atoms with Crippen LogP contribution in [0.25, 0.3) is 5.57 Å². The highest BCUT2D eigenvalue weighted by Crippen LogP contribution is 2.26. The Hall–Kier alpha value is -1.60. The number of carbonyl (C=O) groups is 1. The Morgan fingerprint density at radius 1 is 1.56 bits per heavy atom. The quantitative estimate of drug-likeness (QED) is 0.460. The van der Waals surface area contributed by atoms with Gasteiger partial charge in [-0.25, -0.2) is 4.79 Å². The summed E-state index contributed by atoms with van der Waals surface area (Å²) in [5.74, 6) is -0.548. The van der Waals surface area contributed by atoms with Gasteiger partial charge >= 0.3 is 5.97 Å². The Balaban J connectivity index is 3.10. The summed E-state index contributed by atoms with van der Waals surface area (Å²) in [5, 5.41) is 8.96. The SMILES string of the molecule is CCOC(=O)/C(C#N)=C(/C)c1ccc(C)s1. The second kappa shape index (κ2) is 5.47. The van der Waals surface area contributed by atoms with Crippen LogP contribution in [0.4, 0.5) is 0 Å². The molecule has 0 saturated carbocycles. The van der Waals surface area contributed by atoms with E-state index in [9.17, 15) is 4.79 Å². The van der Waals surface area contributed by atoms with Gasteiger partial charge in [-0.2, -0.15) is 5.26 Å². The van der Waals surface area contributed by atoms with E-state index in [-0.39, 0.29) is 12.2 Å². The van der Waals surface area contributed by atoms with E-state index in [0.717, 1.165) is 9.75 Å². The maximum atomic E-state index is 11.5.